The van der Waals surface area contributed by atoms with Gasteiger partial charge >= 0.3 is 6.18 Å². The number of hydrogen-bond acceptors (Lipinski definition) is 3. The third-order valence-corrected chi connectivity index (χ3v) is 4.90. The molecule has 30 heavy (non-hydrogen) atoms. The van der Waals surface area contributed by atoms with Gasteiger partial charge < -0.3 is 10.6 Å². The Bertz CT molecular complexity index is 799. The fraction of sp³-hybridized carbons (Fsp3) is 0.435. The molecule has 2 rings (SSSR count). The molecule has 2 aromatic rings. The van der Waals surface area contributed by atoms with Crippen LogP contribution in [-0.2, 0) is 11.0 Å². The van der Waals surface area contributed by atoms with Gasteiger partial charge in [0.15, 0.2) is 0 Å². The van der Waals surface area contributed by atoms with Gasteiger partial charge in [-0.15, -0.1) is 0 Å². The first-order valence-electron chi connectivity index (χ1n) is 10.1. The quantitative estimate of drug-likeness (QED) is 0.593. The van der Waals surface area contributed by atoms with E-state index in [0.29, 0.717) is 18.6 Å². The van der Waals surface area contributed by atoms with Crippen LogP contribution in [0.4, 0.5) is 18.9 Å². The Kier molecular flexibility index (Phi) is 8.43. The molecule has 2 aromatic carbocycles. The van der Waals surface area contributed by atoms with Gasteiger partial charge in [0.1, 0.15) is 6.04 Å². The predicted molar refractivity (Wildman–Crippen MR) is 114 cm³/mol. The molecule has 1 amide bonds. The van der Waals surface area contributed by atoms with Gasteiger partial charge in [0.2, 0.25) is 5.91 Å². The Hall–Kier alpha value is -2.38. The van der Waals surface area contributed by atoms with Gasteiger partial charge in [-0.3, -0.25) is 9.69 Å². The standard InChI is InChI=1S/C23H30F3N3O/c1-16(2)29(17(3)4)14-13-27-21(18-9-6-5-7-10-18)22(30)28-20-12-8-11-19(15-20)23(24,25)26/h5-12,15-17,21,27H,13-14H2,1-4H3,(H,28,30)/t21-/m1/s1. The topological polar surface area (TPSA) is 44.4 Å². The summed E-state index contributed by atoms with van der Waals surface area (Å²) in [6.45, 7) is 9.79. The van der Waals surface area contributed by atoms with E-state index >= 15 is 0 Å². The summed E-state index contributed by atoms with van der Waals surface area (Å²) in [5.74, 6) is -0.402. The molecule has 1 atom stereocenters. The average Bonchev–Trinajstić information content (AvgIpc) is 2.67. The van der Waals surface area contributed by atoms with Crippen molar-refractivity contribution in [3.05, 3.63) is 65.7 Å². The van der Waals surface area contributed by atoms with E-state index in [2.05, 4.69) is 43.2 Å². The molecule has 0 radical (unpaired) electrons. The Morgan fingerprint density at radius 1 is 0.967 bits per heavy atom. The molecular weight excluding hydrogens is 391 g/mol. The molecule has 2 N–H and O–H groups in total. The lowest BCUT2D eigenvalue weighted by Gasteiger charge is -2.31. The van der Waals surface area contributed by atoms with Crippen molar-refractivity contribution in [1.82, 2.24) is 10.2 Å². The molecule has 4 nitrogen and oxygen atoms in total. The van der Waals surface area contributed by atoms with Crippen LogP contribution in [0.2, 0.25) is 0 Å². The smallest absolute Gasteiger partial charge is 0.324 e. The number of anilines is 1. The summed E-state index contributed by atoms with van der Waals surface area (Å²) in [5, 5.41) is 5.89. The van der Waals surface area contributed by atoms with Crippen LogP contribution in [-0.4, -0.2) is 36.0 Å². The maximum atomic E-state index is 13.0. The fourth-order valence-corrected chi connectivity index (χ4v) is 3.45. The molecule has 0 aliphatic rings. The highest BCUT2D eigenvalue weighted by atomic mass is 19.4. The second kappa shape index (κ2) is 10.6. The zero-order valence-electron chi connectivity index (χ0n) is 17.8. The Morgan fingerprint density at radius 3 is 2.17 bits per heavy atom. The zero-order valence-corrected chi connectivity index (χ0v) is 17.8. The average molecular weight is 422 g/mol. The van der Waals surface area contributed by atoms with Gasteiger partial charge in [0.25, 0.3) is 0 Å². The lowest BCUT2D eigenvalue weighted by atomic mass is 10.1. The van der Waals surface area contributed by atoms with Gasteiger partial charge in [-0.1, -0.05) is 36.4 Å². The van der Waals surface area contributed by atoms with E-state index in [0.717, 1.165) is 24.2 Å². The van der Waals surface area contributed by atoms with Gasteiger partial charge in [0.05, 0.1) is 5.56 Å². The summed E-state index contributed by atoms with van der Waals surface area (Å²) in [7, 11) is 0. The first-order valence-corrected chi connectivity index (χ1v) is 10.1. The third kappa shape index (κ3) is 6.85. The molecule has 0 aliphatic carbocycles. The van der Waals surface area contributed by atoms with E-state index in [4.69, 9.17) is 0 Å². The van der Waals surface area contributed by atoms with Gasteiger partial charge in [-0.2, -0.15) is 13.2 Å². The van der Waals surface area contributed by atoms with Crippen LogP contribution >= 0.6 is 0 Å². The maximum Gasteiger partial charge on any atom is 0.416 e. The van der Waals surface area contributed by atoms with Crippen molar-refractivity contribution in [2.75, 3.05) is 18.4 Å². The van der Waals surface area contributed by atoms with E-state index in [1.54, 1.807) is 0 Å². The Morgan fingerprint density at radius 2 is 1.60 bits per heavy atom. The van der Waals surface area contributed by atoms with Gasteiger partial charge in [-0.25, -0.2) is 0 Å². The van der Waals surface area contributed by atoms with E-state index in [-0.39, 0.29) is 5.69 Å². The summed E-state index contributed by atoms with van der Waals surface area (Å²) >= 11 is 0. The van der Waals surface area contributed by atoms with Crippen molar-refractivity contribution in [3.8, 4) is 0 Å². The Labute approximate surface area is 176 Å². The minimum Gasteiger partial charge on any atom is -0.324 e. The third-order valence-electron chi connectivity index (χ3n) is 4.90. The molecule has 0 spiro atoms. The molecule has 0 aromatic heterocycles. The molecule has 0 saturated heterocycles. The molecule has 0 aliphatic heterocycles. The molecular formula is C23H30F3N3O. The van der Waals surface area contributed by atoms with E-state index in [1.165, 1.54) is 12.1 Å². The zero-order chi connectivity index (χ0) is 22.3. The molecule has 0 fully saturated rings. The minimum atomic E-state index is -4.46. The minimum absolute atomic E-state index is 0.114. The largest absolute Gasteiger partial charge is 0.416 e. The van der Waals surface area contributed by atoms with Crippen LogP contribution in [0.3, 0.4) is 0 Å². The SMILES string of the molecule is CC(C)N(CCN[C@@H](C(=O)Nc1cccc(C(F)(F)F)c1)c1ccccc1)C(C)C. The second-order valence-electron chi connectivity index (χ2n) is 7.79. The number of rotatable bonds is 9. The first kappa shape index (κ1) is 23.9. The van der Waals surface area contributed by atoms with Crippen molar-refractivity contribution in [3.63, 3.8) is 0 Å². The van der Waals surface area contributed by atoms with Gasteiger partial charge in [-0.05, 0) is 51.5 Å². The number of nitrogens with one attached hydrogen (secondary N) is 2. The van der Waals surface area contributed by atoms with Crippen LogP contribution in [0, 0.1) is 0 Å². The highest BCUT2D eigenvalue weighted by Gasteiger charge is 2.30. The monoisotopic (exact) mass is 421 g/mol. The number of carbonyl (C=O) groups excluding carboxylic acids is 1. The molecule has 0 saturated carbocycles. The normalized spacial score (nSPS) is 13.1. The summed E-state index contributed by atoms with van der Waals surface area (Å²) in [5.41, 5.74) is 0.0696. The molecule has 7 heteroatoms. The van der Waals surface area contributed by atoms with Crippen LogP contribution < -0.4 is 10.6 Å². The maximum absolute atomic E-state index is 13.0. The number of carbonyl (C=O) groups is 1. The molecule has 0 bridgehead atoms. The van der Waals surface area contributed by atoms with Crippen molar-refractivity contribution >= 4 is 11.6 Å². The van der Waals surface area contributed by atoms with E-state index in [1.807, 2.05) is 30.3 Å². The van der Waals surface area contributed by atoms with Crippen LogP contribution in [0.15, 0.2) is 54.6 Å². The van der Waals surface area contributed by atoms with Crippen molar-refractivity contribution in [2.45, 2.75) is 52.0 Å². The summed E-state index contributed by atoms with van der Waals surface area (Å²) < 4.78 is 38.9. The summed E-state index contributed by atoms with van der Waals surface area (Å²) in [4.78, 5) is 15.3. The van der Waals surface area contributed by atoms with Crippen molar-refractivity contribution in [1.29, 1.82) is 0 Å². The molecule has 0 heterocycles. The number of alkyl halides is 3. The number of benzene rings is 2. The lowest BCUT2D eigenvalue weighted by molar-refractivity contribution is -0.137. The number of nitrogens with zero attached hydrogens (tertiary/aromatic N) is 1. The molecule has 164 valence electrons. The molecule has 0 unspecified atom stereocenters. The van der Waals surface area contributed by atoms with E-state index < -0.39 is 23.7 Å². The van der Waals surface area contributed by atoms with Gasteiger partial charge in [0, 0.05) is 30.9 Å². The van der Waals surface area contributed by atoms with Crippen LogP contribution in [0.5, 0.6) is 0 Å². The second-order valence-corrected chi connectivity index (χ2v) is 7.79. The highest BCUT2D eigenvalue weighted by Crippen LogP contribution is 2.31. The van der Waals surface area contributed by atoms with Crippen LogP contribution in [0.1, 0.15) is 44.9 Å². The number of halogens is 3. The number of amides is 1. The van der Waals surface area contributed by atoms with E-state index in [9.17, 15) is 18.0 Å². The first-order chi connectivity index (χ1) is 14.1. The Balaban J connectivity index is 2.14. The van der Waals surface area contributed by atoms with Crippen LogP contribution in [0.25, 0.3) is 0 Å². The summed E-state index contributed by atoms with van der Waals surface area (Å²) in [6, 6.07) is 13.9. The van der Waals surface area contributed by atoms with Crippen molar-refractivity contribution in [2.24, 2.45) is 0 Å². The predicted octanol–water partition coefficient (Wildman–Crippen LogP) is 5.09. The summed E-state index contributed by atoms with van der Waals surface area (Å²) in [6.07, 6.45) is -4.46. The highest BCUT2D eigenvalue weighted by molar-refractivity contribution is 5.95. The van der Waals surface area contributed by atoms with Crippen molar-refractivity contribution < 1.29 is 18.0 Å². The number of hydrogen-bond donors (Lipinski definition) is 2. The fourth-order valence-electron chi connectivity index (χ4n) is 3.45. The lowest BCUT2D eigenvalue weighted by Crippen LogP contribution is -2.43.